The van der Waals surface area contributed by atoms with Crippen LogP contribution in [0.2, 0.25) is 0 Å². The van der Waals surface area contributed by atoms with Crippen LogP contribution >= 0.6 is 0 Å². The molecule has 1 amide bonds. The van der Waals surface area contributed by atoms with Crippen LogP contribution in [0.3, 0.4) is 0 Å². The van der Waals surface area contributed by atoms with Gasteiger partial charge < -0.3 is 30.6 Å². The molecule has 0 aliphatic carbocycles. The molecular weight excluding hydrogens is 427 g/mol. The number of imidazole rings is 1. The lowest BCUT2D eigenvalue weighted by atomic mass is 9.80. The van der Waals surface area contributed by atoms with Crippen molar-refractivity contribution in [2.75, 3.05) is 19.5 Å². The highest BCUT2D eigenvalue weighted by atomic mass is 16.5. The maximum atomic E-state index is 11.8. The zero-order valence-corrected chi connectivity index (χ0v) is 17.9. The predicted octanol–water partition coefficient (Wildman–Crippen LogP) is 0.223. The van der Waals surface area contributed by atoms with E-state index in [1.807, 2.05) is 6.07 Å². The second kappa shape index (κ2) is 9.14. The summed E-state index contributed by atoms with van der Waals surface area (Å²) in [6.45, 7) is 0.334. The van der Waals surface area contributed by atoms with E-state index < -0.39 is 13.0 Å². The summed E-state index contributed by atoms with van der Waals surface area (Å²) < 4.78 is 12.3. The number of methoxy groups -OCH3 is 2. The molecular formula is C21H21BN6O5. The third-order valence-electron chi connectivity index (χ3n) is 4.97. The van der Waals surface area contributed by atoms with Gasteiger partial charge in [0.2, 0.25) is 5.95 Å². The van der Waals surface area contributed by atoms with Gasteiger partial charge in [0, 0.05) is 6.54 Å². The number of para-hydroxylation sites is 1. The Balaban J connectivity index is 1.74. The summed E-state index contributed by atoms with van der Waals surface area (Å²) in [7, 11) is 1.39. The molecule has 0 saturated carbocycles. The number of rotatable bonds is 8. The van der Waals surface area contributed by atoms with Crippen LogP contribution in [-0.4, -0.2) is 56.8 Å². The van der Waals surface area contributed by atoms with E-state index in [4.69, 9.17) is 15.2 Å². The van der Waals surface area contributed by atoms with E-state index in [0.29, 0.717) is 34.6 Å². The molecule has 2 aromatic carbocycles. The molecule has 0 aliphatic rings. The van der Waals surface area contributed by atoms with Gasteiger partial charge in [0.1, 0.15) is 5.52 Å². The minimum atomic E-state index is -1.56. The van der Waals surface area contributed by atoms with Crippen LogP contribution < -0.4 is 26.0 Å². The standard InChI is InChI=1S/C21H21BN6O5/c1-32-16-11-25-20(27-19(16)24-10-12-5-3-6-13(9-12)22(30)31)28-15-8-4-7-14(18(23)29)17(15)26-21(28)33-2/h3-9,11,30-31H,10H2,1-2H3,(H2,23,29)(H,24,25,27). The molecule has 2 aromatic heterocycles. The summed E-state index contributed by atoms with van der Waals surface area (Å²) in [5.74, 6) is 0.422. The quantitative estimate of drug-likeness (QED) is 0.277. The number of primary amides is 1. The topological polar surface area (TPSA) is 158 Å². The Kier molecular flexibility index (Phi) is 6.11. The van der Waals surface area contributed by atoms with Crippen LogP contribution in [0.5, 0.6) is 11.8 Å². The van der Waals surface area contributed by atoms with E-state index >= 15 is 0 Å². The molecule has 5 N–H and O–H groups in total. The van der Waals surface area contributed by atoms with Crippen molar-refractivity contribution in [1.82, 2.24) is 19.5 Å². The zero-order chi connectivity index (χ0) is 23.5. The van der Waals surface area contributed by atoms with Crippen LogP contribution in [0.1, 0.15) is 15.9 Å². The fraction of sp³-hybridized carbons (Fsp3) is 0.143. The lowest BCUT2D eigenvalue weighted by Crippen LogP contribution is -2.30. The Morgan fingerprint density at radius 1 is 1.15 bits per heavy atom. The van der Waals surface area contributed by atoms with Crippen molar-refractivity contribution >= 4 is 35.3 Å². The molecule has 0 spiro atoms. The number of fused-ring (bicyclic) bond motifs is 1. The summed E-state index contributed by atoms with van der Waals surface area (Å²) >= 11 is 0. The number of nitrogens with two attached hydrogens (primary N) is 1. The van der Waals surface area contributed by atoms with Crippen molar-refractivity contribution in [2.45, 2.75) is 6.54 Å². The maximum absolute atomic E-state index is 11.8. The third kappa shape index (κ3) is 4.29. The van der Waals surface area contributed by atoms with Gasteiger partial charge in [-0.15, -0.1) is 0 Å². The zero-order valence-electron chi connectivity index (χ0n) is 17.9. The average molecular weight is 448 g/mol. The molecule has 33 heavy (non-hydrogen) atoms. The second-order valence-corrected chi connectivity index (χ2v) is 7.03. The van der Waals surface area contributed by atoms with E-state index in [1.54, 1.807) is 41.0 Å². The summed E-state index contributed by atoms with van der Waals surface area (Å²) in [5.41, 5.74) is 7.84. The predicted molar refractivity (Wildman–Crippen MR) is 122 cm³/mol. The number of hydrogen-bond donors (Lipinski definition) is 4. The Bertz CT molecular complexity index is 1330. The summed E-state index contributed by atoms with van der Waals surface area (Å²) in [5, 5.41) is 22.0. The summed E-state index contributed by atoms with van der Waals surface area (Å²) in [6, 6.07) is 12.1. The van der Waals surface area contributed by atoms with Gasteiger partial charge in [0.25, 0.3) is 5.91 Å². The van der Waals surface area contributed by atoms with E-state index in [9.17, 15) is 14.8 Å². The fourth-order valence-electron chi connectivity index (χ4n) is 3.40. The molecule has 0 bridgehead atoms. The highest BCUT2D eigenvalue weighted by Crippen LogP contribution is 2.29. The number of carbonyl (C=O) groups is 1. The van der Waals surface area contributed by atoms with E-state index in [1.165, 1.54) is 20.4 Å². The third-order valence-corrected chi connectivity index (χ3v) is 4.97. The number of carbonyl (C=O) groups excluding carboxylic acids is 1. The largest absolute Gasteiger partial charge is 0.491 e. The summed E-state index contributed by atoms with van der Waals surface area (Å²) in [4.78, 5) is 25.1. The molecule has 0 atom stereocenters. The Morgan fingerprint density at radius 2 is 1.94 bits per heavy atom. The fourth-order valence-corrected chi connectivity index (χ4v) is 3.40. The van der Waals surface area contributed by atoms with Crippen molar-refractivity contribution in [3.8, 4) is 17.7 Å². The lowest BCUT2D eigenvalue weighted by molar-refractivity contribution is 0.100. The van der Waals surface area contributed by atoms with Gasteiger partial charge in [-0.3, -0.25) is 4.79 Å². The number of benzene rings is 2. The average Bonchev–Trinajstić information content (AvgIpc) is 3.21. The molecule has 0 aliphatic heterocycles. The minimum Gasteiger partial charge on any atom is -0.491 e. The van der Waals surface area contributed by atoms with Crippen LogP contribution in [0.15, 0.2) is 48.7 Å². The van der Waals surface area contributed by atoms with Gasteiger partial charge in [-0.1, -0.05) is 30.3 Å². The van der Waals surface area contributed by atoms with Crippen molar-refractivity contribution in [3.63, 3.8) is 0 Å². The van der Waals surface area contributed by atoms with Crippen LogP contribution in [0.25, 0.3) is 17.0 Å². The van der Waals surface area contributed by atoms with E-state index in [2.05, 4.69) is 20.3 Å². The number of nitrogens with one attached hydrogen (secondary N) is 1. The number of ether oxygens (including phenoxy) is 2. The molecule has 0 fully saturated rings. The monoisotopic (exact) mass is 448 g/mol. The van der Waals surface area contributed by atoms with Gasteiger partial charge in [-0.2, -0.15) is 9.97 Å². The second-order valence-electron chi connectivity index (χ2n) is 7.03. The number of hydrogen-bond acceptors (Lipinski definition) is 9. The molecule has 4 rings (SSSR count). The smallest absolute Gasteiger partial charge is 0.488 e. The molecule has 168 valence electrons. The molecule has 0 radical (unpaired) electrons. The van der Waals surface area contributed by atoms with Crippen LogP contribution in [-0.2, 0) is 6.54 Å². The number of amides is 1. The first-order chi connectivity index (χ1) is 15.9. The van der Waals surface area contributed by atoms with Gasteiger partial charge in [0.05, 0.1) is 31.5 Å². The molecule has 11 nitrogen and oxygen atoms in total. The van der Waals surface area contributed by atoms with E-state index in [-0.39, 0.29) is 17.5 Å². The first kappa shape index (κ1) is 22.1. The first-order valence-electron chi connectivity index (χ1n) is 9.88. The van der Waals surface area contributed by atoms with E-state index in [0.717, 1.165) is 5.56 Å². The van der Waals surface area contributed by atoms with Crippen molar-refractivity contribution < 1.29 is 24.3 Å². The normalized spacial score (nSPS) is 10.8. The van der Waals surface area contributed by atoms with Gasteiger partial charge in [-0.25, -0.2) is 9.55 Å². The van der Waals surface area contributed by atoms with Crippen LogP contribution in [0.4, 0.5) is 5.82 Å². The minimum absolute atomic E-state index is 0.180. The van der Waals surface area contributed by atoms with Gasteiger partial charge in [0.15, 0.2) is 11.6 Å². The van der Waals surface area contributed by atoms with Crippen molar-refractivity contribution in [3.05, 3.63) is 59.8 Å². The molecule has 2 heterocycles. The SMILES string of the molecule is COc1cnc(-n2c(OC)nc3c(C(N)=O)cccc32)nc1NCc1cccc(B(O)O)c1. The summed E-state index contributed by atoms with van der Waals surface area (Å²) in [6.07, 6.45) is 1.50. The van der Waals surface area contributed by atoms with Crippen LogP contribution in [0, 0.1) is 0 Å². The molecule has 0 saturated heterocycles. The van der Waals surface area contributed by atoms with Crippen molar-refractivity contribution in [1.29, 1.82) is 0 Å². The number of aromatic nitrogens is 4. The first-order valence-corrected chi connectivity index (χ1v) is 9.88. The maximum Gasteiger partial charge on any atom is 0.488 e. The lowest BCUT2D eigenvalue weighted by Gasteiger charge is -2.13. The van der Waals surface area contributed by atoms with Gasteiger partial charge >= 0.3 is 13.1 Å². The Labute approximate surface area is 189 Å². The number of nitrogens with zero attached hydrogens (tertiary/aromatic N) is 4. The Morgan fingerprint density at radius 3 is 2.64 bits per heavy atom. The molecule has 12 heteroatoms. The number of anilines is 1. The molecule has 4 aromatic rings. The molecule has 0 unspecified atom stereocenters. The van der Waals surface area contributed by atoms with Crippen molar-refractivity contribution in [2.24, 2.45) is 5.73 Å². The Hall–Kier alpha value is -4.16. The highest BCUT2D eigenvalue weighted by Gasteiger charge is 2.20. The van der Waals surface area contributed by atoms with Gasteiger partial charge in [-0.05, 0) is 23.2 Å². The highest BCUT2D eigenvalue weighted by molar-refractivity contribution is 6.58.